The van der Waals surface area contributed by atoms with Gasteiger partial charge in [0.2, 0.25) is 0 Å². The highest BCUT2D eigenvalue weighted by molar-refractivity contribution is 5.60. The summed E-state index contributed by atoms with van der Waals surface area (Å²) in [6.45, 7) is 8.58. The standard InChI is InChI=1S/C22H25N5O2/c1-3-5-19(28)22-23-20(26-10-12-29-13-11-26)15-21(24-22)27-9-8-18(25-27)17-7-4-6-16(2)14-17/h3-4,6-9,14-15,19,28H,1,5,10-13H2,2H3. The van der Waals surface area contributed by atoms with Gasteiger partial charge in [0.1, 0.15) is 11.9 Å². The molecule has 2 aromatic heterocycles. The lowest BCUT2D eigenvalue weighted by Crippen LogP contribution is -2.37. The van der Waals surface area contributed by atoms with E-state index in [9.17, 15) is 5.11 Å². The molecule has 0 amide bonds. The Labute approximate surface area is 170 Å². The van der Waals surface area contributed by atoms with Crippen molar-refractivity contribution in [2.75, 3.05) is 31.2 Å². The number of aliphatic hydroxyl groups excluding tert-OH is 1. The van der Waals surface area contributed by atoms with Crippen LogP contribution in [0.15, 0.2) is 55.3 Å². The van der Waals surface area contributed by atoms with Crippen LogP contribution < -0.4 is 4.90 Å². The summed E-state index contributed by atoms with van der Waals surface area (Å²) in [6.07, 6.45) is 3.13. The Balaban J connectivity index is 1.72. The SMILES string of the molecule is C=CCC(O)c1nc(N2CCOCC2)cc(-n2ccc(-c3cccc(C)c3)n2)n1. The number of aliphatic hydroxyl groups is 1. The van der Waals surface area contributed by atoms with Gasteiger partial charge in [-0.3, -0.25) is 0 Å². The first-order chi connectivity index (χ1) is 14.1. The number of morpholine rings is 1. The molecule has 1 aromatic carbocycles. The van der Waals surface area contributed by atoms with Crippen molar-refractivity contribution in [2.24, 2.45) is 0 Å². The van der Waals surface area contributed by atoms with Gasteiger partial charge in [0, 0.05) is 30.9 Å². The van der Waals surface area contributed by atoms with Crippen molar-refractivity contribution in [2.45, 2.75) is 19.4 Å². The number of nitrogens with zero attached hydrogens (tertiary/aromatic N) is 5. The molecule has 1 fully saturated rings. The van der Waals surface area contributed by atoms with E-state index in [0.717, 1.165) is 30.2 Å². The van der Waals surface area contributed by atoms with Gasteiger partial charge in [0.25, 0.3) is 0 Å². The van der Waals surface area contributed by atoms with Gasteiger partial charge in [-0.15, -0.1) is 6.58 Å². The Bertz CT molecular complexity index is 994. The molecule has 0 radical (unpaired) electrons. The summed E-state index contributed by atoms with van der Waals surface area (Å²) in [5, 5.41) is 15.2. The van der Waals surface area contributed by atoms with E-state index in [1.165, 1.54) is 5.56 Å². The summed E-state index contributed by atoms with van der Waals surface area (Å²) in [5.41, 5.74) is 3.11. The second-order valence-corrected chi connectivity index (χ2v) is 7.10. The third-order valence-corrected chi connectivity index (χ3v) is 4.88. The third kappa shape index (κ3) is 4.36. The lowest BCUT2D eigenvalue weighted by Gasteiger charge is -2.28. The van der Waals surface area contributed by atoms with Crippen LogP contribution in [0, 0.1) is 6.92 Å². The first kappa shape index (κ1) is 19.3. The molecule has 29 heavy (non-hydrogen) atoms. The monoisotopic (exact) mass is 391 g/mol. The van der Waals surface area contributed by atoms with Gasteiger partial charge in [0.15, 0.2) is 11.6 Å². The lowest BCUT2D eigenvalue weighted by molar-refractivity contribution is 0.122. The molecule has 1 unspecified atom stereocenters. The lowest BCUT2D eigenvalue weighted by atomic mass is 10.1. The van der Waals surface area contributed by atoms with Gasteiger partial charge < -0.3 is 14.7 Å². The fourth-order valence-corrected chi connectivity index (χ4v) is 3.33. The molecule has 0 aliphatic carbocycles. The zero-order chi connectivity index (χ0) is 20.2. The van der Waals surface area contributed by atoms with Crippen LogP contribution in [-0.2, 0) is 4.74 Å². The van der Waals surface area contributed by atoms with Crippen LogP contribution in [0.4, 0.5) is 5.82 Å². The highest BCUT2D eigenvalue weighted by Crippen LogP contribution is 2.23. The molecule has 3 heterocycles. The van der Waals surface area contributed by atoms with Crippen molar-refractivity contribution < 1.29 is 9.84 Å². The average molecular weight is 391 g/mol. The van der Waals surface area contributed by atoms with Crippen LogP contribution in [0.5, 0.6) is 0 Å². The number of benzene rings is 1. The second-order valence-electron chi connectivity index (χ2n) is 7.10. The molecular formula is C22H25N5O2. The molecule has 7 nitrogen and oxygen atoms in total. The Kier molecular flexibility index (Phi) is 5.69. The maximum atomic E-state index is 10.5. The smallest absolute Gasteiger partial charge is 0.161 e. The summed E-state index contributed by atoms with van der Waals surface area (Å²) in [7, 11) is 0. The van der Waals surface area contributed by atoms with Gasteiger partial charge >= 0.3 is 0 Å². The van der Waals surface area contributed by atoms with Gasteiger partial charge in [0.05, 0.1) is 18.9 Å². The van der Waals surface area contributed by atoms with Gasteiger partial charge in [-0.1, -0.05) is 29.8 Å². The first-order valence-electron chi connectivity index (χ1n) is 9.78. The Hall–Kier alpha value is -3.03. The highest BCUT2D eigenvalue weighted by Gasteiger charge is 2.19. The van der Waals surface area contributed by atoms with Crippen molar-refractivity contribution in [3.05, 3.63) is 66.6 Å². The van der Waals surface area contributed by atoms with Crippen LogP contribution in [0.2, 0.25) is 0 Å². The zero-order valence-electron chi connectivity index (χ0n) is 16.5. The van der Waals surface area contributed by atoms with E-state index in [4.69, 9.17) is 9.84 Å². The largest absolute Gasteiger partial charge is 0.385 e. The van der Waals surface area contributed by atoms with Crippen LogP contribution in [0.3, 0.4) is 0 Å². The molecule has 0 bridgehead atoms. The minimum absolute atomic E-state index is 0.372. The molecule has 7 heteroatoms. The molecule has 0 spiro atoms. The van der Waals surface area contributed by atoms with E-state index in [-0.39, 0.29) is 0 Å². The highest BCUT2D eigenvalue weighted by atomic mass is 16.5. The van der Waals surface area contributed by atoms with Gasteiger partial charge in [-0.2, -0.15) is 5.10 Å². The summed E-state index contributed by atoms with van der Waals surface area (Å²) in [5.74, 6) is 1.76. The van der Waals surface area contributed by atoms with Crippen molar-refractivity contribution in [3.63, 3.8) is 0 Å². The predicted octanol–water partition coefficient (Wildman–Crippen LogP) is 3.08. The van der Waals surface area contributed by atoms with Gasteiger partial charge in [-0.25, -0.2) is 14.6 Å². The molecule has 150 valence electrons. The van der Waals surface area contributed by atoms with Crippen molar-refractivity contribution in [1.82, 2.24) is 19.7 Å². The fraction of sp³-hybridized carbons (Fsp3) is 0.318. The van der Waals surface area contributed by atoms with Crippen molar-refractivity contribution >= 4 is 5.82 Å². The molecular weight excluding hydrogens is 366 g/mol. The molecule has 0 saturated carbocycles. The zero-order valence-corrected chi connectivity index (χ0v) is 16.5. The van der Waals surface area contributed by atoms with Crippen molar-refractivity contribution in [3.8, 4) is 17.1 Å². The maximum Gasteiger partial charge on any atom is 0.161 e. The number of aromatic nitrogens is 4. The minimum atomic E-state index is -0.806. The molecule has 1 aliphatic rings. The number of hydrogen-bond acceptors (Lipinski definition) is 6. The fourth-order valence-electron chi connectivity index (χ4n) is 3.33. The average Bonchev–Trinajstić information content (AvgIpc) is 3.25. The Morgan fingerprint density at radius 3 is 2.72 bits per heavy atom. The summed E-state index contributed by atoms with van der Waals surface area (Å²) < 4.78 is 7.18. The molecule has 4 rings (SSSR count). The number of anilines is 1. The van der Waals surface area contributed by atoms with E-state index < -0.39 is 6.10 Å². The number of hydrogen-bond donors (Lipinski definition) is 1. The summed E-state index contributed by atoms with van der Waals surface area (Å²) >= 11 is 0. The third-order valence-electron chi connectivity index (χ3n) is 4.88. The van der Waals surface area contributed by atoms with E-state index >= 15 is 0 Å². The predicted molar refractivity (Wildman–Crippen MR) is 112 cm³/mol. The Morgan fingerprint density at radius 1 is 1.17 bits per heavy atom. The van der Waals surface area contributed by atoms with Crippen LogP contribution in [0.1, 0.15) is 23.9 Å². The number of rotatable bonds is 6. The topological polar surface area (TPSA) is 76.3 Å². The van der Waals surface area contributed by atoms with Crippen molar-refractivity contribution in [1.29, 1.82) is 0 Å². The second kappa shape index (κ2) is 8.55. The summed E-state index contributed by atoms with van der Waals surface area (Å²) in [6, 6.07) is 12.1. The van der Waals surface area contributed by atoms with Crippen LogP contribution in [-0.4, -0.2) is 51.2 Å². The van der Waals surface area contributed by atoms with Crippen LogP contribution >= 0.6 is 0 Å². The quantitative estimate of drug-likeness (QED) is 0.651. The van der Waals surface area contributed by atoms with E-state index in [1.54, 1.807) is 10.8 Å². The number of aryl methyl sites for hydroxylation is 1. The molecule has 1 saturated heterocycles. The minimum Gasteiger partial charge on any atom is -0.385 e. The van der Waals surface area contributed by atoms with Crippen LogP contribution in [0.25, 0.3) is 17.1 Å². The molecule has 1 N–H and O–H groups in total. The Morgan fingerprint density at radius 2 is 1.97 bits per heavy atom. The van der Waals surface area contributed by atoms with E-state index in [2.05, 4.69) is 40.5 Å². The normalized spacial score (nSPS) is 15.3. The summed E-state index contributed by atoms with van der Waals surface area (Å²) in [4.78, 5) is 11.3. The molecule has 3 aromatic rings. The van der Waals surface area contributed by atoms with Gasteiger partial charge in [-0.05, 0) is 25.5 Å². The first-order valence-corrected chi connectivity index (χ1v) is 9.78. The number of ether oxygens (including phenoxy) is 1. The molecule has 1 aliphatic heterocycles. The van der Waals surface area contributed by atoms with E-state index in [0.29, 0.717) is 31.3 Å². The molecule has 1 atom stereocenters. The van der Waals surface area contributed by atoms with E-state index in [1.807, 2.05) is 30.5 Å². The maximum absolute atomic E-state index is 10.5.